The van der Waals surface area contributed by atoms with Crippen LogP contribution < -0.4 is 0 Å². The van der Waals surface area contributed by atoms with Crippen LogP contribution in [-0.4, -0.2) is 15.0 Å². The van der Waals surface area contributed by atoms with E-state index in [0.717, 1.165) is 38.9 Å². The van der Waals surface area contributed by atoms with Gasteiger partial charge in [0.25, 0.3) is 0 Å². The first-order chi connectivity index (χ1) is 19.7. The summed E-state index contributed by atoms with van der Waals surface area (Å²) in [7, 11) is 0. The molecular formula is C35H21N5. The molecule has 6 rings (SSSR count). The number of hydrogen-bond donors (Lipinski definition) is 0. The summed E-state index contributed by atoms with van der Waals surface area (Å²) < 4.78 is 0. The van der Waals surface area contributed by atoms with E-state index >= 15 is 0 Å². The third-order valence-corrected chi connectivity index (χ3v) is 6.56. The number of rotatable bonds is 5. The van der Waals surface area contributed by atoms with E-state index in [-0.39, 0.29) is 0 Å². The summed E-state index contributed by atoms with van der Waals surface area (Å²) in [5.74, 6) is 1.63. The number of hydrogen-bond acceptors (Lipinski definition) is 5. The Kier molecular flexibility index (Phi) is 6.61. The van der Waals surface area contributed by atoms with Gasteiger partial charge in [-0.3, -0.25) is 0 Å². The average Bonchev–Trinajstić information content (AvgIpc) is 3.05. The van der Waals surface area contributed by atoms with Gasteiger partial charge in [0.2, 0.25) is 0 Å². The molecule has 40 heavy (non-hydrogen) atoms. The fourth-order valence-corrected chi connectivity index (χ4v) is 4.55. The minimum absolute atomic E-state index is 0.496. The van der Waals surface area contributed by atoms with Gasteiger partial charge in [0.05, 0.1) is 23.3 Å². The lowest BCUT2D eigenvalue weighted by molar-refractivity contribution is 1.07. The second-order valence-electron chi connectivity index (χ2n) is 9.22. The zero-order chi connectivity index (χ0) is 27.3. The number of benzene rings is 5. The van der Waals surface area contributed by atoms with Crippen molar-refractivity contribution in [3.63, 3.8) is 0 Å². The van der Waals surface area contributed by atoms with Crippen LogP contribution in [0.15, 0.2) is 127 Å². The first-order valence-corrected chi connectivity index (χ1v) is 12.7. The second-order valence-corrected chi connectivity index (χ2v) is 9.22. The molecule has 5 heteroatoms. The third kappa shape index (κ3) is 5.09. The standard InChI is InChI=1S/C35H21N5/c36-22-24-8-7-13-30(18-24)26-14-16-27(17-15-26)31-19-25(23-37)20-32(21-31)35-39-33(28-9-3-1-4-10-28)38-34(40-35)29-11-5-2-6-12-29/h1-21H. The van der Waals surface area contributed by atoms with Crippen LogP contribution in [0, 0.1) is 22.7 Å². The van der Waals surface area contributed by atoms with Crippen LogP contribution in [-0.2, 0) is 0 Å². The molecule has 5 nitrogen and oxygen atoms in total. The molecule has 0 fully saturated rings. The first kappa shape index (κ1) is 24.4. The molecule has 0 N–H and O–H groups in total. The molecule has 186 valence electrons. The van der Waals surface area contributed by atoms with Gasteiger partial charge < -0.3 is 0 Å². The van der Waals surface area contributed by atoms with Gasteiger partial charge in [0.1, 0.15) is 0 Å². The van der Waals surface area contributed by atoms with Crippen molar-refractivity contribution in [2.75, 3.05) is 0 Å². The predicted octanol–water partition coefficient (Wildman–Crippen LogP) is 7.95. The summed E-state index contributed by atoms with van der Waals surface area (Å²) in [6.45, 7) is 0. The summed E-state index contributed by atoms with van der Waals surface area (Å²) >= 11 is 0. The van der Waals surface area contributed by atoms with Gasteiger partial charge in [0, 0.05) is 16.7 Å². The molecule has 1 aromatic heterocycles. The Morgan fingerprint density at radius 1 is 0.350 bits per heavy atom. The van der Waals surface area contributed by atoms with Crippen molar-refractivity contribution in [2.45, 2.75) is 0 Å². The van der Waals surface area contributed by atoms with E-state index in [1.54, 1.807) is 6.07 Å². The fourth-order valence-electron chi connectivity index (χ4n) is 4.55. The highest BCUT2D eigenvalue weighted by Crippen LogP contribution is 2.31. The van der Waals surface area contributed by atoms with Crippen LogP contribution in [0.3, 0.4) is 0 Å². The molecule has 0 saturated heterocycles. The highest BCUT2D eigenvalue weighted by atomic mass is 15.0. The van der Waals surface area contributed by atoms with Gasteiger partial charge in [-0.05, 0) is 52.6 Å². The van der Waals surface area contributed by atoms with Crippen molar-refractivity contribution < 1.29 is 0 Å². The monoisotopic (exact) mass is 511 g/mol. The number of aromatic nitrogens is 3. The van der Waals surface area contributed by atoms with Crippen molar-refractivity contribution in [3.8, 4) is 68.6 Å². The minimum atomic E-state index is 0.496. The Labute approximate surface area is 232 Å². The summed E-state index contributed by atoms with van der Waals surface area (Å²) in [6.07, 6.45) is 0. The third-order valence-electron chi connectivity index (χ3n) is 6.56. The smallest absolute Gasteiger partial charge is 0.164 e. The molecule has 6 aromatic rings. The zero-order valence-electron chi connectivity index (χ0n) is 21.4. The van der Waals surface area contributed by atoms with Crippen LogP contribution >= 0.6 is 0 Å². The summed E-state index contributed by atoms with van der Waals surface area (Å²) in [6, 6.07) is 45.4. The summed E-state index contributed by atoms with van der Waals surface area (Å²) in [4.78, 5) is 14.4. The summed E-state index contributed by atoms with van der Waals surface area (Å²) in [5, 5.41) is 19.1. The van der Waals surface area contributed by atoms with Gasteiger partial charge in [0.15, 0.2) is 17.5 Å². The Morgan fingerprint density at radius 3 is 1.35 bits per heavy atom. The molecule has 0 amide bonds. The van der Waals surface area contributed by atoms with Crippen LogP contribution in [0.1, 0.15) is 11.1 Å². The van der Waals surface area contributed by atoms with Crippen molar-refractivity contribution in [1.29, 1.82) is 10.5 Å². The maximum Gasteiger partial charge on any atom is 0.164 e. The van der Waals surface area contributed by atoms with Crippen molar-refractivity contribution in [1.82, 2.24) is 15.0 Å². The lowest BCUT2D eigenvalue weighted by atomic mass is 9.97. The number of nitriles is 2. The molecule has 0 aliphatic carbocycles. The zero-order valence-corrected chi connectivity index (χ0v) is 21.4. The van der Waals surface area contributed by atoms with Gasteiger partial charge in [-0.1, -0.05) is 97.1 Å². The topological polar surface area (TPSA) is 86.2 Å². The summed E-state index contributed by atoms with van der Waals surface area (Å²) in [5.41, 5.74) is 7.47. The normalized spacial score (nSPS) is 10.4. The SMILES string of the molecule is N#Cc1cccc(-c2ccc(-c3cc(C#N)cc(-c4nc(-c5ccccc5)nc(-c5ccccc5)n4)c3)cc2)c1. The molecule has 5 aromatic carbocycles. The van der Waals surface area contributed by atoms with E-state index in [2.05, 4.69) is 12.1 Å². The second kappa shape index (κ2) is 10.8. The molecule has 0 spiro atoms. The Hall–Kier alpha value is -5.91. The van der Waals surface area contributed by atoms with Gasteiger partial charge in [-0.25, -0.2) is 15.0 Å². The van der Waals surface area contributed by atoms with Crippen LogP contribution in [0.4, 0.5) is 0 Å². The Balaban J connectivity index is 1.45. The van der Waals surface area contributed by atoms with Crippen LogP contribution in [0.25, 0.3) is 56.4 Å². The van der Waals surface area contributed by atoms with E-state index < -0.39 is 0 Å². The van der Waals surface area contributed by atoms with Gasteiger partial charge >= 0.3 is 0 Å². The molecule has 0 atom stereocenters. The average molecular weight is 512 g/mol. The van der Waals surface area contributed by atoms with E-state index in [1.807, 2.05) is 121 Å². The highest BCUT2D eigenvalue weighted by molar-refractivity contribution is 5.76. The van der Waals surface area contributed by atoms with Gasteiger partial charge in [-0.15, -0.1) is 0 Å². The molecular weight excluding hydrogens is 490 g/mol. The molecule has 0 saturated carbocycles. The van der Waals surface area contributed by atoms with Crippen molar-refractivity contribution in [3.05, 3.63) is 139 Å². The lowest BCUT2D eigenvalue weighted by Crippen LogP contribution is -2.00. The first-order valence-electron chi connectivity index (χ1n) is 12.7. The van der Waals surface area contributed by atoms with E-state index in [1.165, 1.54) is 0 Å². The Bertz CT molecular complexity index is 1840. The molecule has 0 bridgehead atoms. The largest absolute Gasteiger partial charge is 0.208 e. The van der Waals surface area contributed by atoms with Crippen molar-refractivity contribution in [2.24, 2.45) is 0 Å². The molecule has 0 aliphatic rings. The Morgan fingerprint density at radius 2 is 0.800 bits per heavy atom. The highest BCUT2D eigenvalue weighted by Gasteiger charge is 2.14. The molecule has 0 radical (unpaired) electrons. The van der Waals surface area contributed by atoms with Gasteiger partial charge in [-0.2, -0.15) is 10.5 Å². The van der Waals surface area contributed by atoms with Crippen LogP contribution in [0.5, 0.6) is 0 Å². The number of nitrogens with zero attached hydrogens (tertiary/aromatic N) is 5. The maximum absolute atomic E-state index is 9.86. The fraction of sp³-hybridized carbons (Fsp3) is 0. The predicted molar refractivity (Wildman–Crippen MR) is 156 cm³/mol. The molecule has 0 aliphatic heterocycles. The van der Waals surface area contributed by atoms with E-state index in [9.17, 15) is 10.5 Å². The van der Waals surface area contributed by atoms with Crippen molar-refractivity contribution >= 4 is 0 Å². The maximum atomic E-state index is 9.86. The lowest BCUT2D eigenvalue weighted by Gasteiger charge is -2.11. The molecule has 0 unspecified atom stereocenters. The van der Waals surface area contributed by atoms with E-state index in [0.29, 0.717) is 28.6 Å². The minimum Gasteiger partial charge on any atom is -0.208 e. The quantitative estimate of drug-likeness (QED) is 0.234. The van der Waals surface area contributed by atoms with Crippen LogP contribution in [0.2, 0.25) is 0 Å². The van der Waals surface area contributed by atoms with E-state index in [4.69, 9.17) is 15.0 Å². The molecule has 1 heterocycles.